The zero-order chi connectivity index (χ0) is 20.0. The van der Waals surface area contributed by atoms with E-state index in [1.807, 2.05) is 6.07 Å². The van der Waals surface area contributed by atoms with E-state index in [0.29, 0.717) is 23.9 Å². The fraction of sp³-hybridized carbons (Fsp3) is 0.500. The molecule has 3 atom stereocenters. The van der Waals surface area contributed by atoms with Crippen LogP contribution in [0.5, 0.6) is 0 Å². The van der Waals surface area contributed by atoms with E-state index in [2.05, 4.69) is 21.7 Å². The lowest BCUT2D eigenvalue weighted by Gasteiger charge is -2.39. The largest absolute Gasteiger partial charge is 0.338 e. The minimum Gasteiger partial charge on any atom is -0.338 e. The van der Waals surface area contributed by atoms with Crippen molar-refractivity contribution in [3.63, 3.8) is 0 Å². The van der Waals surface area contributed by atoms with Crippen LogP contribution in [0.4, 0.5) is 0 Å². The topological polar surface area (TPSA) is 57.7 Å². The maximum absolute atomic E-state index is 13.2. The Morgan fingerprint density at radius 2 is 1.83 bits per heavy atom. The standard InChI is InChI=1S/C22H26N2O3S2/c25-22(16-5-4-6-16)24-14-19(17-10-12-28-15-17)20-13-23(11-9-21(20)24)29(26,27)18-7-2-1-3-8-18/h1-3,7-8,10,12,15-16,19-21H,4-6,9,11,13-14H2/t19-,20-,21-/m0/s1. The molecule has 1 aromatic carbocycles. The van der Waals surface area contributed by atoms with E-state index in [1.54, 1.807) is 39.9 Å². The number of rotatable bonds is 4. The lowest BCUT2D eigenvalue weighted by atomic mass is 9.82. The van der Waals surface area contributed by atoms with Gasteiger partial charge in [0.1, 0.15) is 0 Å². The molecule has 154 valence electrons. The summed E-state index contributed by atoms with van der Waals surface area (Å²) in [7, 11) is -3.51. The second-order valence-corrected chi connectivity index (χ2v) is 11.2. The molecule has 3 aliphatic rings. The Kier molecular flexibility index (Phi) is 5.00. The first-order chi connectivity index (χ1) is 14.1. The first-order valence-electron chi connectivity index (χ1n) is 10.4. The van der Waals surface area contributed by atoms with Crippen molar-refractivity contribution in [1.29, 1.82) is 0 Å². The van der Waals surface area contributed by atoms with Crippen LogP contribution in [-0.2, 0) is 14.8 Å². The number of benzene rings is 1. The number of nitrogens with zero attached hydrogens (tertiary/aromatic N) is 2. The van der Waals surface area contributed by atoms with Gasteiger partial charge in [0.2, 0.25) is 15.9 Å². The summed E-state index contributed by atoms with van der Waals surface area (Å²) in [6, 6.07) is 11.0. The van der Waals surface area contributed by atoms with Gasteiger partial charge in [-0.25, -0.2) is 8.42 Å². The van der Waals surface area contributed by atoms with Crippen molar-refractivity contribution >= 4 is 27.3 Å². The van der Waals surface area contributed by atoms with Gasteiger partial charge in [0.05, 0.1) is 4.90 Å². The van der Waals surface area contributed by atoms with E-state index >= 15 is 0 Å². The number of carbonyl (C=O) groups excluding carboxylic acids is 1. The minimum atomic E-state index is -3.51. The number of amides is 1. The van der Waals surface area contributed by atoms with Crippen LogP contribution in [0.2, 0.25) is 0 Å². The maximum Gasteiger partial charge on any atom is 0.243 e. The van der Waals surface area contributed by atoms with Gasteiger partial charge in [-0.15, -0.1) is 0 Å². The summed E-state index contributed by atoms with van der Waals surface area (Å²) >= 11 is 1.67. The van der Waals surface area contributed by atoms with Crippen molar-refractivity contribution < 1.29 is 13.2 Å². The van der Waals surface area contributed by atoms with Crippen LogP contribution in [0.3, 0.4) is 0 Å². The van der Waals surface area contributed by atoms with Crippen LogP contribution in [0.15, 0.2) is 52.1 Å². The van der Waals surface area contributed by atoms with Gasteiger partial charge in [0.15, 0.2) is 0 Å². The van der Waals surface area contributed by atoms with E-state index < -0.39 is 10.0 Å². The number of hydrogen-bond donors (Lipinski definition) is 0. The number of piperidine rings is 1. The molecular weight excluding hydrogens is 404 g/mol. The zero-order valence-electron chi connectivity index (χ0n) is 16.3. The molecule has 29 heavy (non-hydrogen) atoms. The Morgan fingerprint density at radius 1 is 1.03 bits per heavy atom. The molecule has 2 aromatic rings. The quantitative estimate of drug-likeness (QED) is 0.745. The molecule has 3 heterocycles. The summed E-state index contributed by atoms with van der Waals surface area (Å²) in [6.45, 7) is 1.68. The molecule has 3 fully saturated rings. The Labute approximate surface area is 176 Å². The second kappa shape index (κ2) is 7.52. The maximum atomic E-state index is 13.2. The highest BCUT2D eigenvalue weighted by Gasteiger charge is 2.50. The Bertz CT molecular complexity index is 971. The summed E-state index contributed by atoms with van der Waals surface area (Å²) in [6.07, 6.45) is 3.87. The predicted octanol–water partition coefficient (Wildman–Crippen LogP) is 3.55. The normalized spacial score (nSPS) is 28.1. The van der Waals surface area contributed by atoms with E-state index in [4.69, 9.17) is 0 Å². The summed E-state index contributed by atoms with van der Waals surface area (Å²) in [5.74, 6) is 0.844. The Balaban J connectivity index is 1.43. The Morgan fingerprint density at radius 3 is 2.48 bits per heavy atom. The first-order valence-corrected chi connectivity index (χ1v) is 12.8. The molecule has 0 radical (unpaired) electrons. The lowest BCUT2D eigenvalue weighted by molar-refractivity contribution is -0.139. The molecule has 7 heteroatoms. The highest BCUT2D eigenvalue weighted by atomic mass is 32.2. The SMILES string of the molecule is O=C(C1CCC1)N1C[C@@H](c2ccsc2)[C@@H]2CN(S(=O)(=O)c3ccccc3)CC[C@@H]21. The molecule has 0 N–H and O–H groups in total. The average molecular weight is 431 g/mol. The van der Waals surface area contributed by atoms with Crippen molar-refractivity contribution in [2.45, 2.75) is 42.5 Å². The monoisotopic (exact) mass is 430 g/mol. The smallest absolute Gasteiger partial charge is 0.243 e. The Hall–Kier alpha value is -1.70. The third kappa shape index (κ3) is 3.33. The molecule has 0 spiro atoms. The molecule has 1 saturated carbocycles. The summed E-state index contributed by atoms with van der Waals surface area (Å²) in [4.78, 5) is 15.5. The number of fused-ring (bicyclic) bond motifs is 1. The molecule has 2 aliphatic heterocycles. The van der Waals surface area contributed by atoms with Gasteiger partial charge in [-0.2, -0.15) is 15.6 Å². The van der Waals surface area contributed by atoms with Crippen molar-refractivity contribution in [1.82, 2.24) is 9.21 Å². The first kappa shape index (κ1) is 19.3. The summed E-state index contributed by atoms with van der Waals surface area (Å²) in [5.41, 5.74) is 1.24. The molecular formula is C22H26N2O3S2. The molecule has 5 rings (SSSR count). The van der Waals surface area contributed by atoms with Gasteiger partial charge < -0.3 is 4.90 Å². The highest BCUT2D eigenvalue weighted by molar-refractivity contribution is 7.89. The summed E-state index contributed by atoms with van der Waals surface area (Å²) < 4.78 is 28.0. The molecule has 1 amide bonds. The minimum absolute atomic E-state index is 0.148. The zero-order valence-corrected chi connectivity index (χ0v) is 17.9. The van der Waals surface area contributed by atoms with Gasteiger partial charge in [-0.05, 0) is 53.8 Å². The van der Waals surface area contributed by atoms with Crippen molar-refractivity contribution in [3.8, 4) is 0 Å². The van der Waals surface area contributed by atoms with Crippen LogP contribution < -0.4 is 0 Å². The molecule has 0 bridgehead atoms. The number of likely N-dealkylation sites (tertiary alicyclic amines) is 1. The van der Waals surface area contributed by atoms with E-state index in [1.165, 1.54) is 5.56 Å². The third-order valence-corrected chi connectivity index (χ3v) is 9.56. The highest BCUT2D eigenvalue weighted by Crippen LogP contribution is 2.44. The van der Waals surface area contributed by atoms with E-state index in [9.17, 15) is 13.2 Å². The van der Waals surface area contributed by atoms with Crippen LogP contribution in [0.1, 0.15) is 37.2 Å². The fourth-order valence-electron chi connectivity index (χ4n) is 5.15. The van der Waals surface area contributed by atoms with E-state index in [0.717, 1.165) is 32.2 Å². The molecule has 1 aliphatic carbocycles. The second-order valence-electron chi connectivity index (χ2n) is 8.48. The van der Waals surface area contributed by atoms with Gasteiger partial charge in [0, 0.05) is 43.4 Å². The van der Waals surface area contributed by atoms with Crippen LogP contribution in [0.25, 0.3) is 0 Å². The van der Waals surface area contributed by atoms with Gasteiger partial charge in [-0.3, -0.25) is 4.79 Å². The predicted molar refractivity (Wildman–Crippen MR) is 113 cm³/mol. The lowest BCUT2D eigenvalue weighted by Crippen LogP contribution is -2.51. The molecule has 5 nitrogen and oxygen atoms in total. The van der Waals surface area contributed by atoms with Crippen LogP contribution in [0, 0.1) is 11.8 Å². The molecule has 1 aromatic heterocycles. The van der Waals surface area contributed by atoms with E-state index in [-0.39, 0.29) is 23.8 Å². The average Bonchev–Trinajstić information content (AvgIpc) is 3.34. The van der Waals surface area contributed by atoms with Crippen molar-refractivity contribution in [2.24, 2.45) is 11.8 Å². The van der Waals surface area contributed by atoms with Crippen LogP contribution in [-0.4, -0.2) is 49.2 Å². The van der Waals surface area contributed by atoms with Gasteiger partial charge >= 0.3 is 0 Å². The van der Waals surface area contributed by atoms with Crippen LogP contribution >= 0.6 is 11.3 Å². The number of sulfonamides is 1. The fourth-order valence-corrected chi connectivity index (χ4v) is 7.38. The number of hydrogen-bond acceptors (Lipinski definition) is 4. The third-order valence-electron chi connectivity index (χ3n) is 6.98. The van der Waals surface area contributed by atoms with Crippen molar-refractivity contribution in [3.05, 3.63) is 52.7 Å². The number of thiophene rings is 1. The summed E-state index contributed by atoms with van der Waals surface area (Å²) in [5, 5.41) is 4.23. The van der Waals surface area contributed by atoms with Gasteiger partial charge in [-0.1, -0.05) is 24.6 Å². The molecule has 2 saturated heterocycles. The van der Waals surface area contributed by atoms with Crippen molar-refractivity contribution in [2.75, 3.05) is 19.6 Å². The number of carbonyl (C=O) groups is 1. The molecule has 0 unspecified atom stereocenters. The van der Waals surface area contributed by atoms with Gasteiger partial charge in [0.25, 0.3) is 0 Å².